The maximum absolute atomic E-state index is 12.2. The minimum Gasteiger partial charge on any atom is -0.351 e. The average molecular weight is 345 g/mol. The number of carbonyl (C=O) groups is 1. The molecule has 19 heavy (non-hydrogen) atoms. The Bertz CT molecular complexity index is 469. The topological polar surface area (TPSA) is 29.1 Å². The van der Waals surface area contributed by atoms with Gasteiger partial charge in [-0.3, -0.25) is 4.79 Å². The lowest BCUT2D eigenvalue weighted by Gasteiger charge is -2.26. The van der Waals surface area contributed by atoms with E-state index in [9.17, 15) is 4.79 Å². The fourth-order valence-electron chi connectivity index (χ4n) is 2.67. The molecule has 1 aromatic rings. The van der Waals surface area contributed by atoms with E-state index in [4.69, 9.17) is 11.6 Å². The molecule has 1 aliphatic carbocycles. The van der Waals surface area contributed by atoms with Crippen LogP contribution in [0.3, 0.4) is 0 Å². The molecule has 1 aromatic carbocycles. The number of rotatable bonds is 4. The minimum absolute atomic E-state index is 0.0686. The van der Waals surface area contributed by atoms with E-state index >= 15 is 0 Å². The Morgan fingerprint density at radius 1 is 1.42 bits per heavy atom. The van der Waals surface area contributed by atoms with Crippen LogP contribution in [-0.4, -0.2) is 17.8 Å². The number of aryl methyl sites for hydroxylation is 1. The van der Waals surface area contributed by atoms with Gasteiger partial charge in [0.15, 0.2) is 0 Å². The average Bonchev–Trinajstić information content (AvgIpc) is 2.89. The first-order valence-corrected chi connectivity index (χ1v) is 8.17. The van der Waals surface area contributed by atoms with Gasteiger partial charge >= 0.3 is 0 Å². The molecule has 0 atom stereocenters. The van der Waals surface area contributed by atoms with Crippen molar-refractivity contribution in [2.45, 2.75) is 32.6 Å². The molecule has 0 saturated heterocycles. The van der Waals surface area contributed by atoms with Gasteiger partial charge < -0.3 is 5.32 Å². The maximum atomic E-state index is 12.2. The van der Waals surface area contributed by atoms with Crippen LogP contribution >= 0.6 is 27.5 Å². The molecule has 2 rings (SSSR count). The van der Waals surface area contributed by atoms with Gasteiger partial charge in [0.05, 0.1) is 10.6 Å². The van der Waals surface area contributed by atoms with Gasteiger partial charge in [0, 0.05) is 11.9 Å². The molecule has 1 amide bonds. The highest BCUT2D eigenvalue weighted by molar-refractivity contribution is 9.09. The van der Waals surface area contributed by atoms with Gasteiger partial charge in [0.1, 0.15) is 0 Å². The lowest BCUT2D eigenvalue weighted by atomic mass is 9.89. The van der Waals surface area contributed by atoms with Gasteiger partial charge in [-0.05, 0) is 36.8 Å². The van der Waals surface area contributed by atoms with Gasteiger partial charge in [-0.1, -0.05) is 52.5 Å². The van der Waals surface area contributed by atoms with Gasteiger partial charge in [-0.15, -0.1) is 0 Å². The van der Waals surface area contributed by atoms with E-state index in [-0.39, 0.29) is 11.3 Å². The van der Waals surface area contributed by atoms with E-state index in [2.05, 4.69) is 21.2 Å². The maximum Gasteiger partial charge on any atom is 0.252 e. The number of hydrogen-bond donors (Lipinski definition) is 1. The molecule has 1 N–H and O–H groups in total. The normalized spacial score (nSPS) is 17.4. The van der Waals surface area contributed by atoms with Gasteiger partial charge in [0.2, 0.25) is 0 Å². The van der Waals surface area contributed by atoms with Crippen LogP contribution in [0.15, 0.2) is 18.2 Å². The highest BCUT2D eigenvalue weighted by Gasteiger charge is 2.33. The van der Waals surface area contributed by atoms with E-state index in [1.165, 1.54) is 25.7 Å². The molecule has 0 radical (unpaired) electrons. The quantitative estimate of drug-likeness (QED) is 0.809. The summed E-state index contributed by atoms with van der Waals surface area (Å²) in [6.07, 6.45) is 4.87. The summed E-state index contributed by atoms with van der Waals surface area (Å²) in [5, 5.41) is 4.55. The summed E-state index contributed by atoms with van der Waals surface area (Å²) in [5.74, 6) is -0.0686. The van der Waals surface area contributed by atoms with Crippen LogP contribution in [0.2, 0.25) is 5.02 Å². The first kappa shape index (κ1) is 14.9. The van der Waals surface area contributed by atoms with Crippen LogP contribution in [0.1, 0.15) is 41.6 Å². The third-order valence-corrected chi connectivity index (χ3v) is 5.70. The van der Waals surface area contributed by atoms with Gasteiger partial charge in [-0.2, -0.15) is 0 Å². The van der Waals surface area contributed by atoms with E-state index in [0.29, 0.717) is 10.6 Å². The number of benzene rings is 1. The summed E-state index contributed by atoms with van der Waals surface area (Å²) in [6, 6.07) is 5.56. The van der Waals surface area contributed by atoms with Crippen molar-refractivity contribution in [3.8, 4) is 0 Å². The predicted octanol–water partition coefficient (Wildman–Crippen LogP) is 4.33. The first-order valence-electron chi connectivity index (χ1n) is 6.67. The molecule has 1 fully saturated rings. The lowest BCUT2D eigenvalue weighted by Crippen LogP contribution is -2.37. The Morgan fingerprint density at radius 3 is 2.74 bits per heavy atom. The second-order valence-corrected chi connectivity index (χ2v) is 6.40. The molecule has 0 bridgehead atoms. The lowest BCUT2D eigenvalue weighted by molar-refractivity contribution is 0.0935. The molecular weight excluding hydrogens is 326 g/mol. The van der Waals surface area contributed by atoms with Crippen molar-refractivity contribution in [2.24, 2.45) is 5.41 Å². The molecule has 0 aromatic heterocycles. The van der Waals surface area contributed by atoms with Gasteiger partial charge in [0.25, 0.3) is 5.91 Å². The zero-order chi connectivity index (χ0) is 13.9. The molecule has 0 aliphatic heterocycles. The fraction of sp³-hybridized carbons (Fsp3) is 0.533. The van der Waals surface area contributed by atoms with Crippen molar-refractivity contribution in [3.63, 3.8) is 0 Å². The van der Waals surface area contributed by atoms with E-state index in [1.807, 2.05) is 19.1 Å². The molecule has 104 valence electrons. The third-order valence-electron chi connectivity index (χ3n) is 4.01. The van der Waals surface area contributed by atoms with E-state index in [1.54, 1.807) is 6.07 Å². The van der Waals surface area contributed by atoms with Crippen LogP contribution < -0.4 is 5.32 Å². The summed E-state index contributed by atoms with van der Waals surface area (Å²) in [4.78, 5) is 12.2. The number of amides is 1. The monoisotopic (exact) mass is 343 g/mol. The molecule has 4 heteroatoms. The Hall–Kier alpha value is -0.540. The first-order chi connectivity index (χ1) is 9.08. The van der Waals surface area contributed by atoms with Crippen molar-refractivity contribution in [2.75, 3.05) is 11.9 Å². The van der Waals surface area contributed by atoms with Crippen LogP contribution in [0, 0.1) is 12.3 Å². The Labute approximate surface area is 128 Å². The molecule has 1 saturated carbocycles. The molecule has 1 aliphatic rings. The van der Waals surface area contributed by atoms with Crippen molar-refractivity contribution in [1.29, 1.82) is 0 Å². The number of nitrogens with one attached hydrogen (secondary N) is 1. The fourth-order valence-corrected chi connectivity index (χ4v) is 3.64. The third kappa shape index (κ3) is 3.32. The molecule has 0 heterocycles. The zero-order valence-corrected chi connectivity index (χ0v) is 13.5. The summed E-state index contributed by atoms with van der Waals surface area (Å²) in [7, 11) is 0. The van der Waals surface area contributed by atoms with Crippen molar-refractivity contribution < 1.29 is 4.79 Å². The van der Waals surface area contributed by atoms with Crippen molar-refractivity contribution in [1.82, 2.24) is 5.32 Å². The Kier molecular flexibility index (Phi) is 4.91. The number of carbonyl (C=O) groups excluding carboxylic acids is 1. The van der Waals surface area contributed by atoms with E-state index < -0.39 is 0 Å². The van der Waals surface area contributed by atoms with Gasteiger partial charge in [-0.25, -0.2) is 0 Å². The predicted molar refractivity (Wildman–Crippen MR) is 83.2 cm³/mol. The van der Waals surface area contributed by atoms with Crippen LogP contribution in [0.4, 0.5) is 0 Å². The number of halogens is 2. The summed E-state index contributed by atoms with van der Waals surface area (Å²) in [6.45, 7) is 2.64. The minimum atomic E-state index is -0.0686. The van der Waals surface area contributed by atoms with Crippen LogP contribution in [0.25, 0.3) is 0 Å². The standard InChI is InChI=1S/C15H19BrClNO/c1-11-5-4-6-12(13(11)17)14(19)18-10-15(9-16)7-2-3-8-15/h4-6H,2-3,7-10H2,1H3,(H,18,19). The second-order valence-electron chi connectivity index (χ2n) is 5.46. The number of alkyl halides is 1. The van der Waals surface area contributed by atoms with E-state index in [0.717, 1.165) is 17.4 Å². The Balaban J connectivity index is 2.03. The summed E-state index contributed by atoms with van der Waals surface area (Å²) >= 11 is 9.77. The van der Waals surface area contributed by atoms with Crippen LogP contribution in [-0.2, 0) is 0 Å². The molecular formula is C15H19BrClNO. The smallest absolute Gasteiger partial charge is 0.252 e. The zero-order valence-electron chi connectivity index (χ0n) is 11.1. The SMILES string of the molecule is Cc1cccc(C(=O)NCC2(CBr)CCCC2)c1Cl. The molecule has 0 unspecified atom stereocenters. The largest absolute Gasteiger partial charge is 0.351 e. The second kappa shape index (κ2) is 6.27. The molecule has 2 nitrogen and oxygen atoms in total. The summed E-state index contributed by atoms with van der Waals surface area (Å²) < 4.78 is 0. The Morgan fingerprint density at radius 2 is 2.11 bits per heavy atom. The summed E-state index contributed by atoms with van der Waals surface area (Å²) in [5.41, 5.74) is 1.74. The molecule has 0 spiro atoms. The van der Waals surface area contributed by atoms with Crippen molar-refractivity contribution >= 4 is 33.4 Å². The van der Waals surface area contributed by atoms with Crippen molar-refractivity contribution in [3.05, 3.63) is 34.3 Å². The highest BCUT2D eigenvalue weighted by atomic mass is 79.9. The highest BCUT2D eigenvalue weighted by Crippen LogP contribution is 2.39. The number of hydrogen-bond acceptors (Lipinski definition) is 1. The van der Waals surface area contributed by atoms with Crippen LogP contribution in [0.5, 0.6) is 0 Å².